The van der Waals surface area contributed by atoms with E-state index in [9.17, 15) is 8.42 Å². The highest BCUT2D eigenvalue weighted by molar-refractivity contribution is 8.00. The topological polar surface area (TPSA) is 72.1 Å². The predicted molar refractivity (Wildman–Crippen MR) is 92.4 cm³/mol. The summed E-state index contributed by atoms with van der Waals surface area (Å²) in [5, 5.41) is 0.709. The Labute approximate surface area is 139 Å². The summed E-state index contributed by atoms with van der Waals surface area (Å²) in [7, 11) is -3.60. The fourth-order valence-electron chi connectivity index (χ4n) is 2.07. The molecule has 1 aromatic heterocycles. The van der Waals surface area contributed by atoms with E-state index in [1.54, 1.807) is 30.3 Å². The van der Waals surface area contributed by atoms with E-state index in [2.05, 4.69) is 9.97 Å². The molecule has 0 aliphatic rings. The molecule has 0 saturated carbocycles. The molecule has 0 bridgehead atoms. The third-order valence-corrected chi connectivity index (χ3v) is 5.44. The number of hydrogen-bond acceptors (Lipinski definition) is 5. The molecule has 0 aliphatic carbocycles. The van der Waals surface area contributed by atoms with Crippen molar-refractivity contribution in [3.8, 4) is 5.75 Å². The zero-order chi connectivity index (χ0) is 16.3. The van der Waals surface area contributed by atoms with Crippen molar-refractivity contribution in [2.24, 2.45) is 0 Å². The van der Waals surface area contributed by atoms with Crippen LogP contribution in [0.25, 0.3) is 11.0 Å². The molecule has 0 unspecified atom stereocenters. The summed E-state index contributed by atoms with van der Waals surface area (Å²) in [5.41, 5.74) is 2.98. The number of para-hydroxylation sites is 1. The van der Waals surface area contributed by atoms with Gasteiger partial charge in [-0.2, -0.15) is 8.42 Å². The monoisotopic (exact) mass is 348 g/mol. The molecule has 1 N–H and O–H groups in total. The number of H-pyrrole nitrogens is 1. The first-order chi connectivity index (χ1) is 11.0. The molecule has 7 heteroatoms. The third-order valence-electron chi connectivity index (χ3n) is 3.15. The Kier molecular flexibility index (Phi) is 4.58. The molecule has 3 aromatic rings. The normalized spacial score (nSPS) is 11.7. The van der Waals surface area contributed by atoms with E-state index in [1.807, 2.05) is 25.1 Å². The summed E-state index contributed by atoms with van der Waals surface area (Å²) in [6.45, 7) is 2.01. The van der Waals surface area contributed by atoms with Gasteiger partial charge < -0.3 is 9.17 Å². The van der Waals surface area contributed by atoms with Gasteiger partial charge in [-0.3, -0.25) is 0 Å². The second-order valence-corrected chi connectivity index (χ2v) is 7.84. The van der Waals surface area contributed by atoms with Crippen LogP contribution >= 0.6 is 11.8 Å². The summed E-state index contributed by atoms with van der Waals surface area (Å²) < 4.78 is 28.9. The number of hydrogen-bond donors (Lipinski definition) is 1. The lowest BCUT2D eigenvalue weighted by Gasteiger charge is -2.05. The van der Waals surface area contributed by atoms with Crippen LogP contribution in [0, 0.1) is 6.92 Å². The van der Waals surface area contributed by atoms with Gasteiger partial charge in [-0.25, -0.2) is 4.98 Å². The van der Waals surface area contributed by atoms with Crippen LogP contribution in [0.2, 0.25) is 0 Å². The third kappa shape index (κ3) is 4.27. The van der Waals surface area contributed by atoms with Crippen molar-refractivity contribution in [1.82, 2.24) is 9.97 Å². The number of aromatic amines is 1. The van der Waals surface area contributed by atoms with Crippen LogP contribution in [-0.4, -0.2) is 29.9 Å². The number of thioether (sulfide) groups is 1. The average molecular weight is 348 g/mol. The van der Waals surface area contributed by atoms with Gasteiger partial charge in [0.25, 0.3) is 0 Å². The smallest absolute Gasteiger partial charge is 0.310 e. The Bertz CT molecular complexity index is 905. The minimum absolute atomic E-state index is 0.0807. The van der Waals surface area contributed by atoms with Crippen LogP contribution in [0.5, 0.6) is 5.75 Å². The van der Waals surface area contributed by atoms with Crippen molar-refractivity contribution in [3.63, 3.8) is 0 Å². The van der Waals surface area contributed by atoms with Crippen molar-refractivity contribution >= 4 is 32.9 Å². The van der Waals surface area contributed by atoms with Gasteiger partial charge in [-0.1, -0.05) is 36.0 Å². The maximum absolute atomic E-state index is 11.9. The SMILES string of the molecule is Cc1ccc2nc(SCCS(=O)(=O)Oc3ccccc3)[nH]c2c1. The van der Waals surface area contributed by atoms with Gasteiger partial charge >= 0.3 is 10.1 Å². The van der Waals surface area contributed by atoms with Gasteiger partial charge in [0.2, 0.25) is 0 Å². The molecule has 23 heavy (non-hydrogen) atoms. The first-order valence-corrected chi connectivity index (χ1v) is 9.64. The Morgan fingerprint density at radius 2 is 1.96 bits per heavy atom. The largest absolute Gasteiger partial charge is 0.382 e. The summed E-state index contributed by atoms with van der Waals surface area (Å²) in [4.78, 5) is 7.62. The first-order valence-electron chi connectivity index (χ1n) is 7.08. The van der Waals surface area contributed by atoms with Crippen LogP contribution in [-0.2, 0) is 10.1 Å². The van der Waals surface area contributed by atoms with Crippen LogP contribution in [0.3, 0.4) is 0 Å². The van der Waals surface area contributed by atoms with E-state index in [4.69, 9.17) is 4.18 Å². The van der Waals surface area contributed by atoms with Crippen molar-refractivity contribution < 1.29 is 12.6 Å². The van der Waals surface area contributed by atoms with Gasteiger partial charge in [0.15, 0.2) is 5.16 Å². The molecule has 0 aliphatic heterocycles. The maximum atomic E-state index is 11.9. The molecule has 0 amide bonds. The van der Waals surface area contributed by atoms with Crippen LogP contribution in [0.15, 0.2) is 53.7 Å². The van der Waals surface area contributed by atoms with E-state index in [-0.39, 0.29) is 5.75 Å². The number of imidazole rings is 1. The van der Waals surface area contributed by atoms with E-state index in [1.165, 1.54) is 11.8 Å². The van der Waals surface area contributed by atoms with Crippen LogP contribution < -0.4 is 4.18 Å². The van der Waals surface area contributed by atoms with Gasteiger partial charge in [0.05, 0.1) is 16.8 Å². The van der Waals surface area contributed by atoms with Crippen LogP contribution in [0.4, 0.5) is 0 Å². The molecule has 0 saturated heterocycles. The Hall–Kier alpha value is -1.99. The van der Waals surface area contributed by atoms with Crippen molar-refractivity contribution in [3.05, 3.63) is 54.1 Å². The molecule has 2 aromatic carbocycles. The Morgan fingerprint density at radius 1 is 1.17 bits per heavy atom. The summed E-state index contributed by atoms with van der Waals surface area (Å²) in [5.74, 6) is 0.619. The lowest BCUT2D eigenvalue weighted by molar-refractivity contribution is 0.488. The number of nitrogens with zero attached hydrogens (tertiary/aromatic N) is 1. The predicted octanol–water partition coefficient (Wildman–Crippen LogP) is 3.37. The number of rotatable bonds is 6. The highest BCUT2D eigenvalue weighted by Crippen LogP contribution is 2.21. The molecule has 0 atom stereocenters. The molecule has 120 valence electrons. The minimum atomic E-state index is -3.60. The fourth-order valence-corrected chi connectivity index (χ4v) is 4.25. The zero-order valence-electron chi connectivity index (χ0n) is 12.5. The quantitative estimate of drug-likeness (QED) is 0.546. The lowest BCUT2D eigenvalue weighted by atomic mass is 10.2. The average Bonchev–Trinajstić information content (AvgIpc) is 2.89. The molecule has 3 rings (SSSR count). The van der Waals surface area contributed by atoms with E-state index in [0.717, 1.165) is 16.6 Å². The van der Waals surface area contributed by atoms with Crippen molar-refractivity contribution in [1.29, 1.82) is 0 Å². The summed E-state index contributed by atoms with van der Waals surface area (Å²) >= 11 is 1.36. The first kappa shape index (κ1) is 15.9. The number of aromatic nitrogens is 2. The molecular weight excluding hydrogens is 332 g/mol. The fraction of sp³-hybridized carbons (Fsp3) is 0.188. The molecule has 5 nitrogen and oxygen atoms in total. The lowest BCUT2D eigenvalue weighted by Crippen LogP contribution is -2.15. The number of aryl methyl sites for hydroxylation is 1. The summed E-state index contributed by atoms with van der Waals surface area (Å²) in [6, 6.07) is 14.5. The molecular formula is C16H16N2O3S2. The zero-order valence-corrected chi connectivity index (χ0v) is 14.2. The second kappa shape index (κ2) is 6.64. The number of nitrogens with one attached hydrogen (secondary N) is 1. The van der Waals surface area contributed by atoms with Gasteiger partial charge in [0, 0.05) is 5.75 Å². The van der Waals surface area contributed by atoms with Gasteiger partial charge in [-0.15, -0.1) is 0 Å². The standard InChI is InChI=1S/C16H16N2O3S2/c1-12-7-8-14-15(11-12)18-16(17-14)22-9-10-23(19,20)21-13-5-3-2-4-6-13/h2-8,11H,9-10H2,1H3,(H,17,18). The maximum Gasteiger partial charge on any atom is 0.310 e. The van der Waals surface area contributed by atoms with E-state index in [0.29, 0.717) is 16.7 Å². The second-order valence-electron chi connectivity index (χ2n) is 5.07. The highest BCUT2D eigenvalue weighted by Gasteiger charge is 2.13. The summed E-state index contributed by atoms with van der Waals surface area (Å²) in [6.07, 6.45) is 0. The minimum Gasteiger partial charge on any atom is -0.382 e. The van der Waals surface area contributed by atoms with Gasteiger partial charge in [0.1, 0.15) is 5.75 Å². The van der Waals surface area contributed by atoms with Crippen LogP contribution in [0.1, 0.15) is 5.56 Å². The molecule has 0 radical (unpaired) electrons. The number of benzene rings is 2. The van der Waals surface area contributed by atoms with Crippen molar-refractivity contribution in [2.45, 2.75) is 12.1 Å². The number of fused-ring (bicyclic) bond motifs is 1. The highest BCUT2D eigenvalue weighted by atomic mass is 32.2. The van der Waals surface area contributed by atoms with E-state index >= 15 is 0 Å². The Balaban J connectivity index is 1.59. The van der Waals surface area contributed by atoms with E-state index < -0.39 is 10.1 Å². The molecule has 0 spiro atoms. The molecule has 0 fully saturated rings. The van der Waals surface area contributed by atoms with Gasteiger partial charge in [-0.05, 0) is 36.8 Å². The Morgan fingerprint density at radius 3 is 2.74 bits per heavy atom. The molecule has 1 heterocycles. The van der Waals surface area contributed by atoms with Crippen molar-refractivity contribution in [2.75, 3.05) is 11.5 Å².